The number of hydrogen-bond donors (Lipinski definition) is 1. The van der Waals surface area contributed by atoms with Crippen molar-refractivity contribution in [3.8, 4) is 0 Å². The van der Waals surface area contributed by atoms with E-state index in [0.717, 1.165) is 19.5 Å². The molecule has 3 nitrogen and oxygen atoms in total. The molecule has 0 aromatic heterocycles. The molecule has 0 radical (unpaired) electrons. The Kier molecular flexibility index (Phi) is 1.67. The molecule has 0 aliphatic carbocycles. The number of hydrogen-bond acceptors (Lipinski definition) is 3. The predicted molar refractivity (Wildman–Crippen MR) is 41.3 cm³/mol. The molecule has 0 saturated carbocycles. The molecule has 11 heavy (non-hydrogen) atoms. The lowest BCUT2D eigenvalue weighted by Crippen LogP contribution is -2.41. The van der Waals surface area contributed by atoms with Crippen molar-refractivity contribution in [2.75, 3.05) is 13.1 Å². The lowest BCUT2D eigenvalue weighted by Gasteiger charge is -2.22. The molecule has 2 rings (SSSR count). The van der Waals surface area contributed by atoms with Gasteiger partial charge in [0.25, 0.3) is 0 Å². The zero-order valence-electron chi connectivity index (χ0n) is 7.09. The van der Waals surface area contributed by atoms with Crippen molar-refractivity contribution in [2.45, 2.75) is 38.3 Å². The first-order valence-electron chi connectivity index (χ1n) is 4.24. The highest BCUT2D eigenvalue weighted by Crippen LogP contribution is 2.30. The van der Waals surface area contributed by atoms with Gasteiger partial charge in [0.05, 0.1) is 12.2 Å². The fourth-order valence-electron chi connectivity index (χ4n) is 1.82. The van der Waals surface area contributed by atoms with E-state index >= 15 is 0 Å². The monoisotopic (exact) mass is 157 g/mol. The van der Waals surface area contributed by atoms with E-state index in [-0.39, 0.29) is 11.9 Å². The Bertz CT molecular complexity index is 142. The molecule has 64 valence electrons. The van der Waals surface area contributed by atoms with Crippen LogP contribution in [0.15, 0.2) is 0 Å². The Labute approximate surface area is 67.1 Å². The van der Waals surface area contributed by atoms with Crippen LogP contribution < -0.4 is 5.32 Å². The first-order chi connectivity index (χ1) is 5.17. The van der Waals surface area contributed by atoms with Crippen molar-refractivity contribution in [3.63, 3.8) is 0 Å². The Balaban J connectivity index is 2.03. The molecule has 2 aliphatic heterocycles. The summed E-state index contributed by atoms with van der Waals surface area (Å²) >= 11 is 0. The third kappa shape index (κ3) is 1.41. The third-order valence-electron chi connectivity index (χ3n) is 2.24. The van der Waals surface area contributed by atoms with E-state index in [2.05, 4.69) is 5.32 Å². The van der Waals surface area contributed by atoms with Crippen LogP contribution in [0.1, 0.15) is 20.3 Å². The molecule has 2 heterocycles. The van der Waals surface area contributed by atoms with Gasteiger partial charge in [-0.15, -0.1) is 0 Å². The molecule has 0 spiro atoms. The normalized spacial score (nSPS) is 42.0. The fourth-order valence-corrected chi connectivity index (χ4v) is 1.82. The summed E-state index contributed by atoms with van der Waals surface area (Å²) in [7, 11) is 0. The van der Waals surface area contributed by atoms with E-state index in [1.165, 1.54) is 0 Å². The molecular weight excluding hydrogens is 142 g/mol. The first-order valence-corrected chi connectivity index (χ1v) is 4.24. The highest BCUT2D eigenvalue weighted by atomic mass is 16.8. The van der Waals surface area contributed by atoms with Gasteiger partial charge in [-0.2, -0.15) is 0 Å². The summed E-state index contributed by atoms with van der Waals surface area (Å²) in [6.07, 6.45) is 1.68. The smallest absolute Gasteiger partial charge is 0.163 e. The summed E-state index contributed by atoms with van der Waals surface area (Å²) in [5.41, 5.74) is 0. The molecule has 2 saturated heterocycles. The molecule has 0 aromatic rings. The largest absolute Gasteiger partial charge is 0.344 e. The predicted octanol–water partition coefficient (Wildman–Crippen LogP) is 0.500. The van der Waals surface area contributed by atoms with Gasteiger partial charge in [-0.1, -0.05) is 0 Å². The number of nitrogens with one attached hydrogen (secondary N) is 1. The number of ether oxygens (including phenoxy) is 2. The van der Waals surface area contributed by atoms with E-state index in [4.69, 9.17) is 9.47 Å². The van der Waals surface area contributed by atoms with Crippen LogP contribution in [0, 0.1) is 0 Å². The molecule has 2 atom stereocenters. The summed E-state index contributed by atoms with van der Waals surface area (Å²) in [6, 6.07) is 0. The molecule has 0 bridgehead atoms. The second-order valence-corrected chi connectivity index (χ2v) is 3.71. The van der Waals surface area contributed by atoms with Crippen LogP contribution in [-0.2, 0) is 9.47 Å². The molecule has 1 unspecified atom stereocenters. The SMILES string of the molecule is CC1(C)OC2CNCC[C@H]2O1. The van der Waals surface area contributed by atoms with Crippen molar-refractivity contribution in [3.05, 3.63) is 0 Å². The molecule has 0 amide bonds. The van der Waals surface area contributed by atoms with Gasteiger partial charge in [0.15, 0.2) is 5.79 Å². The van der Waals surface area contributed by atoms with Crippen LogP contribution in [0.25, 0.3) is 0 Å². The minimum Gasteiger partial charge on any atom is -0.344 e. The summed E-state index contributed by atoms with van der Waals surface area (Å²) < 4.78 is 11.4. The lowest BCUT2D eigenvalue weighted by atomic mass is 10.1. The van der Waals surface area contributed by atoms with Crippen LogP contribution >= 0.6 is 0 Å². The number of piperidine rings is 1. The van der Waals surface area contributed by atoms with Crippen molar-refractivity contribution < 1.29 is 9.47 Å². The Morgan fingerprint density at radius 1 is 1.27 bits per heavy atom. The maximum absolute atomic E-state index is 5.69. The Hall–Kier alpha value is -0.120. The zero-order valence-corrected chi connectivity index (χ0v) is 7.09. The van der Waals surface area contributed by atoms with Crippen molar-refractivity contribution in [1.82, 2.24) is 5.32 Å². The highest BCUT2D eigenvalue weighted by molar-refractivity contribution is 4.86. The van der Waals surface area contributed by atoms with E-state index in [0.29, 0.717) is 6.10 Å². The minimum atomic E-state index is -0.360. The summed E-state index contributed by atoms with van der Waals surface area (Å²) in [5, 5.41) is 3.29. The van der Waals surface area contributed by atoms with Gasteiger partial charge in [0.1, 0.15) is 0 Å². The topological polar surface area (TPSA) is 30.5 Å². The van der Waals surface area contributed by atoms with Crippen LogP contribution in [0.2, 0.25) is 0 Å². The number of fused-ring (bicyclic) bond motifs is 1. The summed E-state index contributed by atoms with van der Waals surface area (Å²) in [6.45, 7) is 5.95. The molecule has 2 fully saturated rings. The van der Waals surface area contributed by atoms with Crippen LogP contribution in [-0.4, -0.2) is 31.1 Å². The summed E-state index contributed by atoms with van der Waals surface area (Å²) in [4.78, 5) is 0. The van der Waals surface area contributed by atoms with E-state index in [1.807, 2.05) is 13.8 Å². The van der Waals surface area contributed by atoms with Gasteiger partial charge >= 0.3 is 0 Å². The van der Waals surface area contributed by atoms with Gasteiger partial charge in [0, 0.05) is 6.54 Å². The zero-order chi connectivity index (χ0) is 7.90. The average Bonchev–Trinajstić information content (AvgIpc) is 2.21. The van der Waals surface area contributed by atoms with Gasteiger partial charge < -0.3 is 14.8 Å². The van der Waals surface area contributed by atoms with Gasteiger partial charge in [-0.25, -0.2) is 0 Å². The second kappa shape index (κ2) is 2.44. The van der Waals surface area contributed by atoms with Crippen molar-refractivity contribution in [1.29, 1.82) is 0 Å². The second-order valence-electron chi connectivity index (χ2n) is 3.71. The number of rotatable bonds is 0. The van der Waals surface area contributed by atoms with Crippen LogP contribution in [0.3, 0.4) is 0 Å². The molecule has 2 aliphatic rings. The summed E-state index contributed by atoms with van der Waals surface area (Å²) in [5.74, 6) is -0.360. The minimum absolute atomic E-state index is 0.277. The Morgan fingerprint density at radius 2 is 2.00 bits per heavy atom. The van der Waals surface area contributed by atoms with Gasteiger partial charge in [-0.05, 0) is 26.8 Å². The molecule has 0 aromatic carbocycles. The van der Waals surface area contributed by atoms with Crippen LogP contribution in [0.4, 0.5) is 0 Å². The molecular formula is C8H15NO2. The van der Waals surface area contributed by atoms with E-state index < -0.39 is 0 Å². The highest BCUT2D eigenvalue weighted by Gasteiger charge is 2.41. The lowest BCUT2D eigenvalue weighted by molar-refractivity contribution is -0.144. The third-order valence-corrected chi connectivity index (χ3v) is 2.24. The van der Waals surface area contributed by atoms with E-state index in [9.17, 15) is 0 Å². The van der Waals surface area contributed by atoms with Gasteiger partial charge in [-0.3, -0.25) is 0 Å². The van der Waals surface area contributed by atoms with Crippen molar-refractivity contribution >= 4 is 0 Å². The van der Waals surface area contributed by atoms with Crippen molar-refractivity contribution in [2.24, 2.45) is 0 Å². The maximum Gasteiger partial charge on any atom is 0.163 e. The average molecular weight is 157 g/mol. The van der Waals surface area contributed by atoms with Gasteiger partial charge in [0.2, 0.25) is 0 Å². The van der Waals surface area contributed by atoms with Crippen LogP contribution in [0.5, 0.6) is 0 Å². The fraction of sp³-hybridized carbons (Fsp3) is 1.00. The quantitative estimate of drug-likeness (QED) is 0.555. The Morgan fingerprint density at radius 3 is 2.73 bits per heavy atom. The maximum atomic E-state index is 5.69. The van der Waals surface area contributed by atoms with E-state index in [1.54, 1.807) is 0 Å². The molecule has 3 heteroatoms. The standard InChI is InChI=1S/C8H15NO2/c1-8(2)10-6-3-4-9-5-7(6)11-8/h6-7,9H,3-5H2,1-2H3/t6-,7?/m1/s1. The first kappa shape index (κ1) is 7.53. The molecule has 1 N–H and O–H groups in total.